The smallest absolute Gasteiger partial charge is 0.221 e. The Morgan fingerprint density at radius 2 is 1.88 bits per heavy atom. The highest BCUT2D eigenvalue weighted by Crippen LogP contribution is 2.24. The van der Waals surface area contributed by atoms with Gasteiger partial charge >= 0.3 is 0 Å². The van der Waals surface area contributed by atoms with E-state index in [-0.39, 0.29) is 5.41 Å². The molecule has 0 unspecified atom stereocenters. The third-order valence-corrected chi connectivity index (χ3v) is 2.86. The number of ether oxygens (including phenoxy) is 1. The molecule has 0 bridgehead atoms. The van der Waals surface area contributed by atoms with Crippen LogP contribution in [0.25, 0.3) is 0 Å². The fourth-order valence-corrected chi connectivity index (χ4v) is 1.44. The molecule has 0 aliphatic rings. The highest BCUT2D eigenvalue weighted by atomic mass is 35.5. The lowest BCUT2D eigenvalue weighted by Crippen LogP contribution is -2.12. The number of halogens is 1. The standard InChI is InChI=1S/C13H21ClN2O/c1-6-10-15-11(14)9(2)12(16-10)17-8-7-13(3,4)5/h6-8H2,1-5H3. The van der Waals surface area contributed by atoms with Gasteiger partial charge in [-0.25, -0.2) is 4.98 Å². The van der Waals surface area contributed by atoms with Crippen LogP contribution >= 0.6 is 11.6 Å². The summed E-state index contributed by atoms with van der Waals surface area (Å²) in [6.45, 7) is 11.1. The molecular weight excluding hydrogens is 236 g/mol. The number of nitrogens with zero attached hydrogens (tertiary/aromatic N) is 2. The average Bonchev–Trinajstić information content (AvgIpc) is 2.22. The van der Waals surface area contributed by atoms with E-state index < -0.39 is 0 Å². The monoisotopic (exact) mass is 256 g/mol. The van der Waals surface area contributed by atoms with Gasteiger partial charge in [0.05, 0.1) is 6.61 Å². The van der Waals surface area contributed by atoms with Crippen molar-refractivity contribution in [3.63, 3.8) is 0 Å². The quantitative estimate of drug-likeness (QED) is 0.769. The van der Waals surface area contributed by atoms with Gasteiger partial charge in [-0.2, -0.15) is 4.98 Å². The van der Waals surface area contributed by atoms with Crippen molar-refractivity contribution in [3.8, 4) is 5.88 Å². The van der Waals surface area contributed by atoms with E-state index in [1.807, 2.05) is 13.8 Å². The largest absolute Gasteiger partial charge is 0.477 e. The Hall–Kier alpha value is -0.830. The summed E-state index contributed by atoms with van der Waals surface area (Å²) in [6.07, 6.45) is 1.74. The minimum absolute atomic E-state index is 0.262. The number of rotatable bonds is 4. The van der Waals surface area contributed by atoms with Crippen molar-refractivity contribution in [2.45, 2.75) is 47.5 Å². The first-order chi connectivity index (χ1) is 7.83. The Kier molecular flexibility index (Phi) is 4.75. The van der Waals surface area contributed by atoms with Gasteiger partial charge < -0.3 is 4.74 Å². The first-order valence-electron chi connectivity index (χ1n) is 5.99. The molecule has 1 heterocycles. The van der Waals surface area contributed by atoms with E-state index in [0.717, 1.165) is 24.2 Å². The van der Waals surface area contributed by atoms with Gasteiger partial charge in [0.1, 0.15) is 11.0 Å². The second-order valence-electron chi connectivity index (χ2n) is 5.37. The molecule has 0 saturated heterocycles. The summed E-state index contributed by atoms with van der Waals surface area (Å²) < 4.78 is 5.70. The first kappa shape index (κ1) is 14.2. The first-order valence-corrected chi connectivity index (χ1v) is 6.37. The second-order valence-corrected chi connectivity index (χ2v) is 5.73. The van der Waals surface area contributed by atoms with Crippen molar-refractivity contribution in [1.29, 1.82) is 0 Å². The van der Waals surface area contributed by atoms with Gasteiger partial charge in [0.15, 0.2) is 0 Å². The number of aromatic nitrogens is 2. The number of hydrogen-bond acceptors (Lipinski definition) is 3. The number of hydrogen-bond donors (Lipinski definition) is 0. The van der Waals surface area contributed by atoms with Crippen LogP contribution in [0.5, 0.6) is 5.88 Å². The lowest BCUT2D eigenvalue weighted by atomic mass is 9.93. The summed E-state index contributed by atoms with van der Waals surface area (Å²) in [5.41, 5.74) is 1.08. The minimum atomic E-state index is 0.262. The molecule has 1 aromatic rings. The van der Waals surface area contributed by atoms with E-state index in [4.69, 9.17) is 16.3 Å². The minimum Gasteiger partial charge on any atom is -0.477 e. The highest BCUT2D eigenvalue weighted by molar-refractivity contribution is 6.30. The van der Waals surface area contributed by atoms with Crippen LogP contribution in [-0.4, -0.2) is 16.6 Å². The maximum absolute atomic E-state index is 6.04. The summed E-state index contributed by atoms with van der Waals surface area (Å²) in [7, 11) is 0. The maximum atomic E-state index is 6.04. The van der Waals surface area contributed by atoms with Crippen molar-refractivity contribution < 1.29 is 4.74 Å². The van der Waals surface area contributed by atoms with Crippen molar-refractivity contribution >= 4 is 11.6 Å². The molecular formula is C13H21ClN2O. The van der Waals surface area contributed by atoms with Gasteiger partial charge in [0.25, 0.3) is 0 Å². The molecule has 1 rings (SSSR count). The molecule has 4 heteroatoms. The van der Waals surface area contributed by atoms with Gasteiger partial charge in [-0.3, -0.25) is 0 Å². The number of aryl methyl sites for hydroxylation is 1. The molecule has 0 N–H and O–H groups in total. The second kappa shape index (κ2) is 5.67. The lowest BCUT2D eigenvalue weighted by molar-refractivity contribution is 0.234. The summed E-state index contributed by atoms with van der Waals surface area (Å²) in [6, 6.07) is 0. The van der Waals surface area contributed by atoms with Crippen LogP contribution in [0.3, 0.4) is 0 Å². The van der Waals surface area contributed by atoms with E-state index in [1.165, 1.54) is 0 Å². The molecule has 0 aromatic carbocycles. The Labute approximate surface area is 109 Å². The molecule has 0 amide bonds. The molecule has 0 spiro atoms. The van der Waals surface area contributed by atoms with Crippen LogP contribution < -0.4 is 4.74 Å². The predicted octanol–water partition coefficient (Wildman–Crippen LogP) is 3.82. The normalized spacial score (nSPS) is 11.6. The topological polar surface area (TPSA) is 35.0 Å². The summed E-state index contributed by atoms with van der Waals surface area (Å²) >= 11 is 6.04. The zero-order valence-corrected chi connectivity index (χ0v) is 12.1. The van der Waals surface area contributed by atoms with Crippen LogP contribution in [-0.2, 0) is 6.42 Å². The maximum Gasteiger partial charge on any atom is 0.221 e. The molecule has 0 aliphatic heterocycles. The van der Waals surface area contributed by atoms with Crippen molar-refractivity contribution in [1.82, 2.24) is 9.97 Å². The fraction of sp³-hybridized carbons (Fsp3) is 0.692. The van der Waals surface area contributed by atoms with E-state index in [0.29, 0.717) is 17.6 Å². The van der Waals surface area contributed by atoms with Gasteiger partial charge in [-0.1, -0.05) is 39.3 Å². The van der Waals surface area contributed by atoms with Gasteiger partial charge in [0.2, 0.25) is 5.88 Å². The van der Waals surface area contributed by atoms with Crippen LogP contribution in [0.2, 0.25) is 5.15 Å². The SMILES string of the molecule is CCc1nc(Cl)c(C)c(OCCC(C)(C)C)n1. The van der Waals surface area contributed by atoms with Crippen molar-refractivity contribution in [2.75, 3.05) is 6.61 Å². The third kappa shape index (κ3) is 4.50. The molecule has 17 heavy (non-hydrogen) atoms. The van der Waals surface area contributed by atoms with Crippen LogP contribution in [0, 0.1) is 12.3 Å². The zero-order chi connectivity index (χ0) is 13.1. The molecule has 96 valence electrons. The third-order valence-electron chi connectivity index (χ3n) is 2.50. The summed E-state index contributed by atoms with van der Waals surface area (Å²) in [4.78, 5) is 8.54. The van der Waals surface area contributed by atoms with Gasteiger partial charge in [-0.05, 0) is 18.8 Å². The average molecular weight is 257 g/mol. The van der Waals surface area contributed by atoms with Gasteiger partial charge in [0, 0.05) is 12.0 Å². The summed E-state index contributed by atoms with van der Waals surface area (Å²) in [5.74, 6) is 1.34. The van der Waals surface area contributed by atoms with E-state index in [9.17, 15) is 0 Å². The molecule has 1 aromatic heterocycles. The zero-order valence-electron chi connectivity index (χ0n) is 11.3. The Morgan fingerprint density at radius 1 is 1.24 bits per heavy atom. The molecule has 0 atom stereocenters. The Balaban J connectivity index is 2.73. The molecule has 3 nitrogen and oxygen atoms in total. The van der Waals surface area contributed by atoms with Gasteiger partial charge in [-0.15, -0.1) is 0 Å². The van der Waals surface area contributed by atoms with E-state index in [1.54, 1.807) is 0 Å². The fourth-order valence-electron chi connectivity index (χ4n) is 1.26. The molecule has 0 saturated carbocycles. The highest BCUT2D eigenvalue weighted by Gasteiger charge is 2.13. The lowest BCUT2D eigenvalue weighted by Gasteiger charge is -2.18. The summed E-state index contributed by atoms with van der Waals surface area (Å²) in [5, 5.41) is 0.489. The van der Waals surface area contributed by atoms with Crippen LogP contribution in [0.4, 0.5) is 0 Å². The molecule has 0 aliphatic carbocycles. The van der Waals surface area contributed by atoms with Crippen LogP contribution in [0.1, 0.15) is 45.5 Å². The van der Waals surface area contributed by atoms with Crippen molar-refractivity contribution in [2.24, 2.45) is 5.41 Å². The van der Waals surface area contributed by atoms with E-state index in [2.05, 4.69) is 30.7 Å². The Bertz CT molecular complexity index is 386. The molecule has 0 fully saturated rings. The predicted molar refractivity (Wildman–Crippen MR) is 70.7 cm³/mol. The van der Waals surface area contributed by atoms with Crippen LogP contribution in [0.15, 0.2) is 0 Å². The Morgan fingerprint density at radius 3 is 2.41 bits per heavy atom. The van der Waals surface area contributed by atoms with E-state index >= 15 is 0 Å². The van der Waals surface area contributed by atoms with Crippen molar-refractivity contribution in [3.05, 3.63) is 16.5 Å². The molecule has 0 radical (unpaired) electrons.